The van der Waals surface area contributed by atoms with Crippen molar-refractivity contribution in [3.63, 3.8) is 0 Å². The normalized spacial score (nSPS) is 24.9. The maximum Gasteiger partial charge on any atom is 0.412 e. The largest absolute Gasteiger partial charge is 0.412 e. The molecule has 4 nitrogen and oxygen atoms in total. The Hall–Kier alpha value is -1.81. The second-order valence-corrected chi connectivity index (χ2v) is 4.74. The van der Waals surface area contributed by atoms with E-state index in [2.05, 4.69) is 17.5 Å². The van der Waals surface area contributed by atoms with Crippen LogP contribution in [0.2, 0.25) is 0 Å². The molecule has 3 N–H and O–H groups in total. The highest BCUT2D eigenvalue weighted by molar-refractivity contribution is 5.70. The Morgan fingerprint density at radius 3 is 2.58 bits per heavy atom. The van der Waals surface area contributed by atoms with Crippen molar-refractivity contribution in [3.8, 4) is 5.75 Å². The maximum atomic E-state index is 11.8. The summed E-state index contributed by atoms with van der Waals surface area (Å²) in [6, 6.07) is 8.99. The van der Waals surface area contributed by atoms with Crippen LogP contribution in [0.4, 0.5) is 4.79 Å². The van der Waals surface area contributed by atoms with Crippen LogP contribution < -0.4 is 15.8 Å². The van der Waals surface area contributed by atoms with E-state index in [9.17, 15) is 4.79 Å². The van der Waals surface area contributed by atoms with Gasteiger partial charge in [-0.2, -0.15) is 0 Å². The predicted octanol–water partition coefficient (Wildman–Crippen LogP) is 2.60. The topological polar surface area (TPSA) is 64.3 Å². The Balaban J connectivity index is 1.88. The van der Waals surface area contributed by atoms with Crippen molar-refractivity contribution in [3.05, 3.63) is 42.5 Å². The molecule has 2 atom stereocenters. The average Bonchev–Trinajstić information content (AvgIpc) is 2.40. The summed E-state index contributed by atoms with van der Waals surface area (Å²) in [4.78, 5) is 11.8. The molecule has 1 aliphatic rings. The van der Waals surface area contributed by atoms with Crippen LogP contribution in [-0.4, -0.2) is 18.2 Å². The molecule has 0 heterocycles. The Labute approximate surface area is 113 Å². The van der Waals surface area contributed by atoms with Gasteiger partial charge in [-0.15, -0.1) is 0 Å². The van der Waals surface area contributed by atoms with Gasteiger partial charge in [-0.3, -0.25) is 0 Å². The summed E-state index contributed by atoms with van der Waals surface area (Å²) in [5, 5.41) is 2.86. The highest BCUT2D eigenvalue weighted by atomic mass is 16.6. The zero-order valence-corrected chi connectivity index (χ0v) is 10.9. The standard InChI is InChI=1S/C15H20N2O2/c16-13-10-6-1-2-7-11-14(13)17-15(18)19-12-8-4-3-5-9-12/h1-5,8-9,13-14H,6-7,10-11,16H2,(H,17,18)/b2-1-/t13-,14+/m0/s1. The first-order chi connectivity index (χ1) is 9.25. The number of ether oxygens (including phenoxy) is 1. The van der Waals surface area contributed by atoms with Crippen molar-refractivity contribution in [1.29, 1.82) is 0 Å². The van der Waals surface area contributed by atoms with Gasteiger partial charge in [0.15, 0.2) is 0 Å². The Kier molecular flexibility index (Phi) is 4.98. The first kappa shape index (κ1) is 13.6. The predicted molar refractivity (Wildman–Crippen MR) is 75.0 cm³/mol. The number of nitrogens with two attached hydrogens (primary N) is 1. The van der Waals surface area contributed by atoms with E-state index in [1.807, 2.05) is 18.2 Å². The number of carbonyl (C=O) groups excluding carboxylic acids is 1. The first-order valence-corrected chi connectivity index (χ1v) is 6.69. The van der Waals surface area contributed by atoms with Crippen LogP contribution in [0, 0.1) is 0 Å². The SMILES string of the molecule is N[C@H]1CC/C=C\CC[C@H]1NC(=O)Oc1ccccc1. The Bertz CT molecular complexity index is 431. The monoisotopic (exact) mass is 260 g/mol. The number of benzene rings is 1. The molecule has 1 aliphatic carbocycles. The molecule has 0 unspecified atom stereocenters. The molecule has 4 heteroatoms. The van der Waals surface area contributed by atoms with E-state index in [4.69, 9.17) is 10.5 Å². The highest BCUT2D eigenvalue weighted by Gasteiger charge is 2.20. The molecule has 0 saturated heterocycles. The third-order valence-electron chi connectivity index (χ3n) is 3.25. The molecule has 0 aliphatic heterocycles. The van der Waals surface area contributed by atoms with E-state index in [0.29, 0.717) is 5.75 Å². The van der Waals surface area contributed by atoms with Crippen molar-refractivity contribution < 1.29 is 9.53 Å². The minimum atomic E-state index is -0.434. The number of carbonyl (C=O) groups is 1. The summed E-state index contributed by atoms with van der Waals surface area (Å²) < 4.78 is 5.21. The molecule has 0 aromatic heterocycles. The number of hydrogen-bond donors (Lipinski definition) is 2. The number of rotatable bonds is 2. The van der Waals surface area contributed by atoms with Gasteiger partial charge >= 0.3 is 6.09 Å². The van der Waals surface area contributed by atoms with Crippen molar-refractivity contribution in [2.75, 3.05) is 0 Å². The van der Waals surface area contributed by atoms with Gasteiger partial charge in [-0.05, 0) is 37.8 Å². The van der Waals surface area contributed by atoms with Gasteiger partial charge < -0.3 is 15.8 Å². The number of allylic oxidation sites excluding steroid dienone is 2. The maximum absolute atomic E-state index is 11.8. The third kappa shape index (κ3) is 4.41. The zero-order chi connectivity index (χ0) is 13.5. The summed E-state index contributed by atoms with van der Waals surface area (Å²) in [7, 11) is 0. The number of hydrogen-bond acceptors (Lipinski definition) is 3. The summed E-state index contributed by atoms with van der Waals surface area (Å²) in [6.07, 6.45) is 7.49. The lowest BCUT2D eigenvalue weighted by Crippen LogP contribution is -2.48. The Morgan fingerprint density at radius 1 is 1.16 bits per heavy atom. The van der Waals surface area contributed by atoms with Gasteiger partial charge in [0.1, 0.15) is 5.75 Å². The van der Waals surface area contributed by atoms with Crippen LogP contribution in [-0.2, 0) is 0 Å². The second kappa shape index (κ2) is 6.95. The van der Waals surface area contributed by atoms with E-state index in [0.717, 1.165) is 25.7 Å². The molecular weight excluding hydrogens is 240 g/mol. The molecule has 19 heavy (non-hydrogen) atoms. The Morgan fingerprint density at radius 2 is 1.84 bits per heavy atom. The van der Waals surface area contributed by atoms with Crippen LogP contribution in [0.3, 0.4) is 0 Å². The van der Waals surface area contributed by atoms with E-state index >= 15 is 0 Å². The fourth-order valence-corrected chi connectivity index (χ4v) is 2.17. The number of nitrogens with one attached hydrogen (secondary N) is 1. The fraction of sp³-hybridized carbons (Fsp3) is 0.400. The summed E-state index contributed by atoms with van der Waals surface area (Å²) in [5.74, 6) is 0.541. The van der Waals surface area contributed by atoms with Gasteiger partial charge in [0.05, 0.1) is 0 Å². The molecular formula is C15H20N2O2. The molecule has 0 fully saturated rings. The summed E-state index contributed by atoms with van der Waals surface area (Å²) >= 11 is 0. The lowest BCUT2D eigenvalue weighted by atomic mass is 9.96. The quantitative estimate of drug-likeness (QED) is 0.803. The molecule has 1 amide bonds. The summed E-state index contributed by atoms with van der Waals surface area (Å²) in [6.45, 7) is 0. The number of para-hydroxylation sites is 1. The van der Waals surface area contributed by atoms with E-state index in [-0.39, 0.29) is 12.1 Å². The third-order valence-corrected chi connectivity index (χ3v) is 3.25. The van der Waals surface area contributed by atoms with Gasteiger partial charge in [0, 0.05) is 12.1 Å². The molecule has 1 aromatic carbocycles. The van der Waals surface area contributed by atoms with Crippen molar-refractivity contribution in [2.24, 2.45) is 5.73 Å². The molecule has 1 aromatic rings. The summed E-state index contributed by atoms with van der Waals surface area (Å²) in [5.41, 5.74) is 6.09. The molecule has 0 saturated carbocycles. The number of amides is 1. The molecule has 0 bridgehead atoms. The van der Waals surface area contributed by atoms with Crippen LogP contribution in [0.25, 0.3) is 0 Å². The van der Waals surface area contributed by atoms with Crippen LogP contribution in [0.1, 0.15) is 25.7 Å². The lowest BCUT2D eigenvalue weighted by Gasteiger charge is -2.25. The average molecular weight is 260 g/mol. The van der Waals surface area contributed by atoms with Crippen LogP contribution >= 0.6 is 0 Å². The minimum absolute atomic E-state index is 0.0201. The van der Waals surface area contributed by atoms with Gasteiger partial charge in [-0.1, -0.05) is 30.4 Å². The van der Waals surface area contributed by atoms with E-state index < -0.39 is 6.09 Å². The van der Waals surface area contributed by atoms with Crippen LogP contribution in [0.5, 0.6) is 5.75 Å². The van der Waals surface area contributed by atoms with Crippen LogP contribution in [0.15, 0.2) is 42.5 Å². The molecule has 2 rings (SSSR count). The fourth-order valence-electron chi connectivity index (χ4n) is 2.17. The van der Waals surface area contributed by atoms with E-state index in [1.165, 1.54) is 0 Å². The van der Waals surface area contributed by atoms with Gasteiger partial charge in [0.2, 0.25) is 0 Å². The lowest BCUT2D eigenvalue weighted by molar-refractivity contribution is 0.192. The van der Waals surface area contributed by atoms with Crippen molar-refractivity contribution in [1.82, 2.24) is 5.32 Å². The van der Waals surface area contributed by atoms with E-state index in [1.54, 1.807) is 12.1 Å². The molecule has 0 spiro atoms. The molecule has 0 radical (unpaired) electrons. The highest BCUT2D eigenvalue weighted by Crippen LogP contribution is 2.13. The second-order valence-electron chi connectivity index (χ2n) is 4.74. The van der Waals surface area contributed by atoms with Crippen molar-refractivity contribution >= 4 is 6.09 Å². The van der Waals surface area contributed by atoms with Gasteiger partial charge in [0.25, 0.3) is 0 Å². The molecule has 102 valence electrons. The minimum Gasteiger partial charge on any atom is -0.410 e. The van der Waals surface area contributed by atoms with Crippen molar-refractivity contribution in [2.45, 2.75) is 37.8 Å². The zero-order valence-electron chi connectivity index (χ0n) is 10.9. The smallest absolute Gasteiger partial charge is 0.410 e. The first-order valence-electron chi connectivity index (χ1n) is 6.69. The van der Waals surface area contributed by atoms with Gasteiger partial charge in [-0.25, -0.2) is 4.79 Å².